The van der Waals surface area contributed by atoms with Gasteiger partial charge < -0.3 is 5.73 Å². The van der Waals surface area contributed by atoms with E-state index in [9.17, 15) is 0 Å². The summed E-state index contributed by atoms with van der Waals surface area (Å²) in [5, 5.41) is 0.610. The third-order valence-corrected chi connectivity index (χ3v) is 4.15. The fourth-order valence-electron chi connectivity index (χ4n) is 2.16. The Morgan fingerprint density at radius 2 is 1.94 bits per heavy atom. The Labute approximate surface area is 108 Å². The van der Waals surface area contributed by atoms with Crippen LogP contribution in [0.25, 0.3) is 0 Å². The monoisotopic (exact) mass is 251 g/mol. The van der Waals surface area contributed by atoms with Crippen LogP contribution in [-0.2, 0) is 18.6 Å². The summed E-state index contributed by atoms with van der Waals surface area (Å²) in [6.45, 7) is 4.38. The maximum atomic E-state index is 6.06. The Bertz CT molecular complexity index is 390. The molecule has 0 saturated heterocycles. The van der Waals surface area contributed by atoms with Gasteiger partial charge in [-0.15, -0.1) is 0 Å². The largest absolute Gasteiger partial charge is 0.383 e. The summed E-state index contributed by atoms with van der Waals surface area (Å²) in [5.41, 5.74) is 8.47. The maximum Gasteiger partial charge on any atom is 0.140 e. The van der Waals surface area contributed by atoms with E-state index in [1.165, 1.54) is 30.5 Å². The van der Waals surface area contributed by atoms with Gasteiger partial charge in [-0.25, -0.2) is 9.97 Å². The van der Waals surface area contributed by atoms with Crippen molar-refractivity contribution in [2.45, 2.75) is 57.0 Å². The van der Waals surface area contributed by atoms with E-state index in [0.717, 1.165) is 30.2 Å². The molecule has 1 aliphatic carbocycles. The van der Waals surface area contributed by atoms with E-state index >= 15 is 0 Å². The second kappa shape index (κ2) is 5.71. The van der Waals surface area contributed by atoms with Crippen molar-refractivity contribution in [1.29, 1.82) is 0 Å². The van der Waals surface area contributed by atoms with E-state index in [1.54, 1.807) is 0 Å². The number of hydrogen-bond donors (Lipinski definition) is 1. The van der Waals surface area contributed by atoms with Crippen LogP contribution in [0, 0.1) is 0 Å². The molecule has 0 unspecified atom stereocenters. The Balaban J connectivity index is 2.20. The first-order chi connectivity index (χ1) is 8.16. The second-order valence-electron chi connectivity index (χ2n) is 4.87. The predicted octanol–water partition coefficient (Wildman–Crippen LogP) is 2.97. The van der Waals surface area contributed by atoms with E-state index < -0.39 is 0 Å². The molecule has 4 heteroatoms. The van der Waals surface area contributed by atoms with Crippen molar-refractivity contribution in [3.05, 3.63) is 17.1 Å². The zero-order chi connectivity index (χ0) is 12.3. The van der Waals surface area contributed by atoms with Crippen molar-refractivity contribution >= 4 is 17.6 Å². The highest BCUT2D eigenvalue weighted by molar-refractivity contribution is 7.99. The summed E-state index contributed by atoms with van der Waals surface area (Å²) >= 11 is 1.87. The molecule has 0 fully saturated rings. The van der Waals surface area contributed by atoms with Crippen LogP contribution in [0.15, 0.2) is 0 Å². The number of thioether (sulfide) groups is 1. The van der Waals surface area contributed by atoms with Crippen LogP contribution < -0.4 is 5.73 Å². The van der Waals surface area contributed by atoms with Crippen LogP contribution in [-0.4, -0.2) is 15.2 Å². The highest BCUT2D eigenvalue weighted by Gasteiger charge is 2.15. The van der Waals surface area contributed by atoms with Gasteiger partial charge in [0.15, 0.2) is 0 Å². The van der Waals surface area contributed by atoms with Crippen molar-refractivity contribution in [2.75, 3.05) is 5.73 Å². The van der Waals surface area contributed by atoms with Gasteiger partial charge >= 0.3 is 0 Å². The highest BCUT2D eigenvalue weighted by Crippen LogP contribution is 2.24. The van der Waals surface area contributed by atoms with Crippen LogP contribution in [0.1, 0.15) is 50.2 Å². The van der Waals surface area contributed by atoms with Crippen molar-refractivity contribution in [3.63, 3.8) is 0 Å². The molecule has 1 aromatic heterocycles. The SMILES string of the molecule is CC(C)SCc1nc(N)c2c(n1)CCCCC2. The third-order valence-electron chi connectivity index (χ3n) is 3.06. The summed E-state index contributed by atoms with van der Waals surface area (Å²) in [6, 6.07) is 0. The van der Waals surface area contributed by atoms with Crippen LogP contribution in [0.2, 0.25) is 0 Å². The highest BCUT2D eigenvalue weighted by atomic mass is 32.2. The molecule has 1 heterocycles. The molecule has 0 aromatic carbocycles. The number of nitrogens with two attached hydrogens (primary N) is 1. The molecule has 0 aliphatic heterocycles. The minimum absolute atomic E-state index is 0.610. The lowest BCUT2D eigenvalue weighted by atomic mass is 10.1. The second-order valence-corrected chi connectivity index (χ2v) is 6.44. The summed E-state index contributed by atoms with van der Waals surface area (Å²) in [5.74, 6) is 2.49. The average molecular weight is 251 g/mol. The molecule has 94 valence electrons. The van der Waals surface area contributed by atoms with Gasteiger partial charge in [0.2, 0.25) is 0 Å². The van der Waals surface area contributed by atoms with Crippen molar-refractivity contribution in [1.82, 2.24) is 9.97 Å². The number of aromatic nitrogens is 2. The quantitative estimate of drug-likeness (QED) is 0.839. The fraction of sp³-hybridized carbons (Fsp3) is 0.692. The Kier molecular flexibility index (Phi) is 4.26. The minimum Gasteiger partial charge on any atom is -0.383 e. The van der Waals surface area contributed by atoms with E-state index in [2.05, 4.69) is 18.8 Å². The van der Waals surface area contributed by atoms with Crippen LogP contribution in [0.5, 0.6) is 0 Å². The predicted molar refractivity (Wildman–Crippen MR) is 74.1 cm³/mol. The van der Waals surface area contributed by atoms with Crippen LogP contribution in [0.3, 0.4) is 0 Å². The molecule has 17 heavy (non-hydrogen) atoms. The lowest BCUT2D eigenvalue weighted by Crippen LogP contribution is -2.08. The normalized spacial score (nSPS) is 15.7. The number of hydrogen-bond acceptors (Lipinski definition) is 4. The first kappa shape index (κ1) is 12.7. The number of fused-ring (bicyclic) bond motifs is 1. The Hall–Kier alpha value is -0.770. The van der Waals surface area contributed by atoms with E-state index in [0.29, 0.717) is 5.25 Å². The summed E-state index contributed by atoms with van der Waals surface area (Å²) in [4.78, 5) is 9.14. The molecule has 3 nitrogen and oxygen atoms in total. The first-order valence-electron chi connectivity index (χ1n) is 6.42. The molecule has 0 bridgehead atoms. The molecule has 1 aromatic rings. The van der Waals surface area contributed by atoms with Crippen molar-refractivity contribution in [2.24, 2.45) is 0 Å². The van der Waals surface area contributed by atoms with Crippen molar-refractivity contribution < 1.29 is 0 Å². The van der Waals surface area contributed by atoms with E-state index in [-0.39, 0.29) is 0 Å². The zero-order valence-electron chi connectivity index (χ0n) is 10.7. The number of nitrogens with zero attached hydrogens (tertiary/aromatic N) is 2. The van der Waals surface area contributed by atoms with Gasteiger partial charge in [0.25, 0.3) is 0 Å². The third kappa shape index (κ3) is 3.35. The van der Waals surface area contributed by atoms with Gasteiger partial charge in [0.1, 0.15) is 11.6 Å². The molecular formula is C13H21N3S. The van der Waals surface area contributed by atoms with Gasteiger partial charge in [-0.1, -0.05) is 20.3 Å². The number of nitrogen functional groups attached to an aromatic ring is 1. The van der Waals surface area contributed by atoms with E-state index in [1.807, 2.05) is 11.8 Å². The lowest BCUT2D eigenvalue weighted by molar-refractivity contribution is 0.708. The zero-order valence-corrected chi connectivity index (χ0v) is 11.5. The standard InChI is InChI=1S/C13H21N3S/c1-9(2)17-8-12-15-11-7-5-3-4-6-10(11)13(14)16-12/h9H,3-8H2,1-2H3,(H2,14,15,16). The molecule has 0 spiro atoms. The van der Waals surface area contributed by atoms with Gasteiger partial charge in [-0.3, -0.25) is 0 Å². The van der Waals surface area contributed by atoms with Gasteiger partial charge in [0.05, 0.1) is 5.75 Å². The Morgan fingerprint density at radius 1 is 1.18 bits per heavy atom. The summed E-state index contributed by atoms with van der Waals surface area (Å²) in [6.07, 6.45) is 5.87. The molecule has 0 radical (unpaired) electrons. The lowest BCUT2D eigenvalue weighted by Gasteiger charge is -2.11. The van der Waals surface area contributed by atoms with Gasteiger partial charge in [-0.2, -0.15) is 11.8 Å². The van der Waals surface area contributed by atoms with Crippen LogP contribution in [0.4, 0.5) is 5.82 Å². The smallest absolute Gasteiger partial charge is 0.140 e. The fourth-order valence-corrected chi connectivity index (χ4v) is 2.77. The minimum atomic E-state index is 0.610. The van der Waals surface area contributed by atoms with Crippen LogP contribution >= 0.6 is 11.8 Å². The molecule has 0 amide bonds. The first-order valence-corrected chi connectivity index (χ1v) is 7.47. The molecule has 1 aliphatic rings. The number of rotatable bonds is 3. The number of aryl methyl sites for hydroxylation is 1. The average Bonchev–Trinajstić information content (AvgIpc) is 2.51. The molecule has 2 rings (SSSR count). The van der Waals surface area contributed by atoms with E-state index in [4.69, 9.17) is 10.7 Å². The Morgan fingerprint density at radius 3 is 2.71 bits per heavy atom. The molecule has 0 atom stereocenters. The molecule has 2 N–H and O–H groups in total. The van der Waals surface area contributed by atoms with Gasteiger partial charge in [-0.05, 0) is 30.9 Å². The maximum absolute atomic E-state index is 6.06. The molecule has 0 saturated carbocycles. The van der Waals surface area contributed by atoms with Crippen molar-refractivity contribution in [3.8, 4) is 0 Å². The van der Waals surface area contributed by atoms with Gasteiger partial charge in [0, 0.05) is 11.3 Å². The summed E-state index contributed by atoms with van der Waals surface area (Å²) < 4.78 is 0. The molecular weight excluding hydrogens is 230 g/mol. The summed E-state index contributed by atoms with van der Waals surface area (Å²) in [7, 11) is 0. The number of anilines is 1. The topological polar surface area (TPSA) is 51.8 Å².